The second-order valence-corrected chi connectivity index (χ2v) is 7.46. The van der Waals surface area contributed by atoms with E-state index in [4.69, 9.17) is 14.2 Å². The lowest BCUT2D eigenvalue weighted by Gasteiger charge is -2.36. The van der Waals surface area contributed by atoms with Crippen LogP contribution in [0.2, 0.25) is 0 Å². The van der Waals surface area contributed by atoms with Crippen molar-refractivity contribution in [3.63, 3.8) is 0 Å². The first-order chi connectivity index (χ1) is 11.6. The van der Waals surface area contributed by atoms with Crippen molar-refractivity contribution < 1.29 is 28.9 Å². The molecule has 0 aromatic rings. The van der Waals surface area contributed by atoms with Crippen LogP contribution in [0.3, 0.4) is 0 Å². The van der Waals surface area contributed by atoms with Gasteiger partial charge in [0.15, 0.2) is 11.7 Å². The number of ether oxygens (including phenoxy) is 3. The minimum atomic E-state index is -1.86. The fraction of sp³-hybridized carbons (Fsp3) is 0.579. The Morgan fingerprint density at radius 2 is 2.04 bits per heavy atom. The molecule has 3 fully saturated rings. The van der Waals surface area contributed by atoms with Crippen molar-refractivity contribution in [1.82, 2.24) is 0 Å². The highest BCUT2D eigenvalue weighted by molar-refractivity contribution is 5.94. The quantitative estimate of drug-likeness (QED) is 0.355. The Labute approximate surface area is 147 Å². The maximum atomic E-state index is 12.1. The van der Waals surface area contributed by atoms with E-state index < -0.39 is 41.5 Å². The van der Waals surface area contributed by atoms with Crippen molar-refractivity contribution in [1.29, 1.82) is 0 Å². The Kier molecular flexibility index (Phi) is 4.16. The standard InChI is InChI=1S/C19H24O6/c1-10(2)16(20)23-13-9-11(3)7-6-8-18(5)14(25-18)15-19(13,22)12(4)17(21)24-15/h13-15,22H,1,3-4,6-9H2,2,5H3. The summed E-state index contributed by atoms with van der Waals surface area (Å²) in [6.07, 6.45) is 0.0836. The molecule has 6 heteroatoms. The molecule has 3 rings (SSSR count). The van der Waals surface area contributed by atoms with E-state index in [1.54, 1.807) is 0 Å². The molecular weight excluding hydrogens is 324 g/mol. The second kappa shape index (κ2) is 5.81. The summed E-state index contributed by atoms with van der Waals surface area (Å²) in [6.45, 7) is 14.7. The van der Waals surface area contributed by atoms with Gasteiger partial charge in [0.05, 0.1) is 11.2 Å². The molecule has 5 unspecified atom stereocenters. The summed E-state index contributed by atoms with van der Waals surface area (Å²) < 4.78 is 16.7. The van der Waals surface area contributed by atoms with Crippen LogP contribution in [-0.4, -0.2) is 46.6 Å². The topological polar surface area (TPSA) is 85.4 Å². The molecule has 0 spiro atoms. The first kappa shape index (κ1) is 17.9. The number of carbonyl (C=O) groups is 2. The molecule has 2 heterocycles. The number of epoxide rings is 1. The van der Waals surface area contributed by atoms with Gasteiger partial charge in [0.25, 0.3) is 0 Å². The summed E-state index contributed by atoms with van der Waals surface area (Å²) in [6, 6.07) is 0. The molecule has 0 radical (unpaired) electrons. The van der Waals surface area contributed by atoms with E-state index in [1.807, 2.05) is 6.92 Å². The molecular formula is C19H24O6. The molecule has 1 N–H and O–H groups in total. The van der Waals surface area contributed by atoms with E-state index in [-0.39, 0.29) is 17.6 Å². The molecule has 2 saturated heterocycles. The summed E-state index contributed by atoms with van der Waals surface area (Å²) >= 11 is 0. The van der Waals surface area contributed by atoms with Gasteiger partial charge in [0, 0.05) is 12.0 Å². The zero-order valence-corrected chi connectivity index (χ0v) is 14.7. The molecule has 5 atom stereocenters. The Bertz CT molecular complexity index is 679. The van der Waals surface area contributed by atoms with Crippen molar-refractivity contribution in [3.05, 3.63) is 36.5 Å². The van der Waals surface area contributed by atoms with Gasteiger partial charge in [-0.25, -0.2) is 9.59 Å². The van der Waals surface area contributed by atoms with Crippen LogP contribution in [-0.2, 0) is 23.8 Å². The van der Waals surface area contributed by atoms with Crippen molar-refractivity contribution in [3.8, 4) is 0 Å². The third kappa shape index (κ3) is 2.83. The van der Waals surface area contributed by atoms with Gasteiger partial charge in [0.2, 0.25) is 0 Å². The first-order valence-corrected chi connectivity index (χ1v) is 8.43. The summed E-state index contributed by atoms with van der Waals surface area (Å²) in [7, 11) is 0. The molecule has 136 valence electrons. The lowest BCUT2D eigenvalue weighted by atomic mass is 9.77. The summed E-state index contributed by atoms with van der Waals surface area (Å²) in [5, 5.41) is 11.4. The van der Waals surface area contributed by atoms with Crippen LogP contribution in [0.15, 0.2) is 36.5 Å². The Morgan fingerprint density at radius 1 is 1.36 bits per heavy atom. The van der Waals surface area contributed by atoms with Gasteiger partial charge in [-0.1, -0.05) is 25.3 Å². The van der Waals surface area contributed by atoms with Crippen molar-refractivity contribution in [2.24, 2.45) is 0 Å². The highest BCUT2D eigenvalue weighted by Gasteiger charge is 2.69. The monoisotopic (exact) mass is 348 g/mol. The normalized spacial score (nSPS) is 40.6. The number of hydrogen-bond acceptors (Lipinski definition) is 6. The maximum absolute atomic E-state index is 12.1. The van der Waals surface area contributed by atoms with E-state index in [0.717, 1.165) is 24.8 Å². The zero-order chi connectivity index (χ0) is 18.6. The van der Waals surface area contributed by atoms with E-state index in [2.05, 4.69) is 19.7 Å². The van der Waals surface area contributed by atoms with Gasteiger partial charge < -0.3 is 19.3 Å². The lowest BCUT2D eigenvalue weighted by Crippen LogP contribution is -2.55. The smallest absolute Gasteiger partial charge is 0.337 e. The second-order valence-electron chi connectivity index (χ2n) is 7.46. The maximum Gasteiger partial charge on any atom is 0.337 e. The Morgan fingerprint density at radius 3 is 2.68 bits per heavy atom. The average Bonchev–Trinajstić information content (AvgIpc) is 3.13. The third-order valence-electron chi connectivity index (χ3n) is 5.38. The van der Waals surface area contributed by atoms with Crippen molar-refractivity contribution in [2.45, 2.75) is 69.0 Å². The summed E-state index contributed by atoms with van der Waals surface area (Å²) in [4.78, 5) is 24.2. The molecule has 0 bridgehead atoms. The van der Waals surface area contributed by atoms with Crippen LogP contribution >= 0.6 is 0 Å². The highest BCUT2D eigenvalue weighted by atomic mass is 16.7. The van der Waals surface area contributed by atoms with E-state index in [9.17, 15) is 14.7 Å². The van der Waals surface area contributed by atoms with Gasteiger partial charge in [-0.05, 0) is 33.1 Å². The molecule has 0 amide bonds. The molecule has 0 aromatic carbocycles. The fourth-order valence-electron chi connectivity index (χ4n) is 3.69. The van der Waals surface area contributed by atoms with E-state index in [0.29, 0.717) is 0 Å². The predicted octanol–water partition coefficient (Wildman–Crippen LogP) is 1.97. The zero-order valence-electron chi connectivity index (χ0n) is 14.7. The first-order valence-electron chi connectivity index (χ1n) is 8.43. The molecule has 3 aliphatic rings. The van der Waals surface area contributed by atoms with Crippen LogP contribution in [0.4, 0.5) is 0 Å². The summed E-state index contributed by atoms with van der Waals surface area (Å²) in [5.74, 6) is -1.35. The van der Waals surface area contributed by atoms with E-state index >= 15 is 0 Å². The minimum absolute atomic E-state index is 0.122. The number of fused-ring (bicyclic) bond motifs is 3. The number of rotatable bonds is 2. The minimum Gasteiger partial charge on any atom is -0.455 e. The molecule has 1 aliphatic carbocycles. The molecule has 0 aromatic heterocycles. The number of hydrogen-bond donors (Lipinski definition) is 1. The van der Waals surface area contributed by atoms with Crippen LogP contribution in [0.25, 0.3) is 0 Å². The third-order valence-corrected chi connectivity index (χ3v) is 5.38. The number of carbonyl (C=O) groups excluding carboxylic acids is 2. The molecule has 25 heavy (non-hydrogen) atoms. The Balaban J connectivity index is 2.01. The average molecular weight is 348 g/mol. The van der Waals surface area contributed by atoms with Crippen molar-refractivity contribution >= 4 is 11.9 Å². The number of esters is 2. The van der Waals surface area contributed by atoms with E-state index in [1.165, 1.54) is 6.92 Å². The summed E-state index contributed by atoms with van der Waals surface area (Å²) in [5.41, 5.74) is -1.44. The van der Waals surface area contributed by atoms with Crippen LogP contribution in [0, 0.1) is 0 Å². The van der Waals surface area contributed by atoms with Crippen molar-refractivity contribution in [2.75, 3.05) is 0 Å². The van der Waals surface area contributed by atoms with Crippen LogP contribution < -0.4 is 0 Å². The lowest BCUT2D eigenvalue weighted by molar-refractivity contribution is -0.166. The van der Waals surface area contributed by atoms with Gasteiger partial charge in [0.1, 0.15) is 12.2 Å². The van der Waals surface area contributed by atoms with Gasteiger partial charge in [-0.2, -0.15) is 0 Å². The number of aliphatic hydroxyl groups is 1. The van der Waals surface area contributed by atoms with Gasteiger partial charge in [-0.15, -0.1) is 0 Å². The highest BCUT2D eigenvalue weighted by Crippen LogP contribution is 2.52. The van der Waals surface area contributed by atoms with Gasteiger partial charge in [-0.3, -0.25) is 0 Å². The molecule has 2 aliphatic heterocycles. The van der Waals surface area contributed by atoms with Crippen LogP contribution in [0.1, 0.15) is 39.5 Å². The van der Waals surface area contributed by atoms with Crippen LogP contribution in [0.5, 0.6) is 0 Å². The molecule has 6 nitrogen and oxygen atoms in total. The Hall–Kier alpha value is -1.92. The SMILES string of the molecule is C=C1CCCC2(C)OC2C2OC(=O)C(=C)C2(O)C(OC(=O)C(=C)C)C1. The molecule has 1 saturated carbocycles. The largest absolute Gasteiger partial charge is 0.455 e. The fourth-order valence-corrected chi connectivity index (χ4v) is 3.69. The predicted molar refractivity (Wildman–Crippen MR) is 89.5 cm³/mol. The van der Waals surface area contributed by atoms with Gasteiger partial charge >= 0.3 is 11.9 Å².